The maximum atomic E-state index is 13.6. The summed E-state index contributed by atoms with van der Waals surface area (Å²) in [7, 11) is 1.95. The van der Waals surface area contributed by atoms with E-state index in [1.165, 1.54) is 18.2 Å². The van der Waals surface area contributed by atoms with Crippen molar-refractivity contribution >= 4 is 5.96 Å². The highest BCUT2D eigenvalue weighted by atomic mass is 19.1. The molecule has 0 aliphatic heterocycles. The lowest BCUT2D eigenvalue weighted by Crippen LogP contribution is -2.39. The molecule has 0 radical (unpaired) electrons. The second-order valence-corrected chi connectivity index (χ2v) is 5.04. The second kappa shape index (κ2) is 9.92. The summed E-state index contributed by atoms with van der Waals surface area (Å²) in [5.41, 5.74) is 0.0939. The number of halogens is 2. The molecule has 122 valence electrons. The van der Waals surface area contributed by atoms with Crippen LogP contribution in [0, 0.1) is 11.6 Å². The SMILES string of the molecule is C=CCCCN(C)C(=NCCc1c(F)cccc1F)NCC. The van der Waals surface area contributed by atoms with Gasteiger partial charge in [0.25, 0.3) is 0 Å². The Hall–Kier alpha value is -1.91. The third kappa shape index (κ3) is 5.84. The van der Waals surface area contributed by atoms with Crippen molar-refractivity contribution in [2.75, 3.05) is 26.7 Å². The number of unbranched alkanes of at least 4 members (excludes halogenated alkanes) is 1. The molecule has 5 heteroatoms. The van der Waals surface area contributed by atoms with Crippen molar-refractivity contribution in [2.24, 2.45) is 4.99 Å². The summed E-state index contributed by atoms with van der Waals surface area (Å²) in [5.74, 6) is -0.276. The normalized spacial score (nSPS) is 11.4. The molecular formula is C17H25F2N3. The first-order valence-corrected chi connectivity index (χ1v) is 7.63. The Morgan fingerprint density at radius 3 is 2.64 bits per heavy atom. The lowest BCUT2D eigenvalue weighted by atomic mass is 10.1. The van der Waals surface area contributed by atoms with Crippen molar-refractivity contribution in [2.45, 2.75) is 26.2 Å². The predicted molar refractivity (Wildman–Crippen MR) is 88.1 cm³/mol. The Labute approximate surface area is 131 Å². The Morgan fingerprint density at radius 1 is 1.36 bits per heavy atom. The minimum Gasteiger partial charge on any atom is -0.357 e. The molecule has 0 aliphatic carbocycles. The average Bonchev–Trinajstić information content (AvgIpc) is 2.49. The number of allylic oxidation sites excluding steroid dienone is 1. The molecule has 0 unspecified atom stereocenters. The van der Waals surface area contributed by atoms with E-state index in [2.05, 4.69) is 16.9 Å². The number of nitrogens with one attached hydrogen (secondary N) is 1. The van der Waals surface area contributed by atoms with E-state index in [4.69, 9.17) is 0 Å². The highest BCUT2D eigenvalue weighted by Gasteiger charge is 2.09. The van der Waals surface area contributed by atoms with Gasteiger partial charge in [-0.25, -0.2) is 8.78 Å². The van der Waals surface area contributed by atoms with Gasteiger partial charge in [0.2, 0.25) is 0 Å². The van der Waals surface area contributed by atoms with Crippen LogP contribution in [-0.4, -0.2) is 37.5 Å². The van der Waals surface area contributed by atoms with Crippen LogP contribution < -0.4 is 5.32 Å². The summed E-state index contributed by atoms with van der Waals surface area (Å²) in [6.07, 6.45) is 4.07. The van der Waals surface area contributed by atoms with Crippen LogP contribution in [0.4, 0.5) is 8.78 Å². The summed E-state index contributed by atoms with van der Waals surface area (Å²) < 4.78 is 27.1. The number of rotatable bonds is 8. The highest BCUT2D eigenvalue weighted by molar-refractivity contribution is 5.79. The zero-order valence-corrected chi connectivity index (χ0v) is 13.4. The summed E-state index contributed by atoms with van der Waals surface area (Å²) >= 11 is 0. The van der Waals surface area contributed by atoms with Gasteiger partial charge < -0.3 is 10.2 Å². The average molecular weight is 309 g/mol. The maximum absolute atomic E-state index is 13.6. The summed E-state index contributed by atoms with van der Waals surface area (Å²) in [5, 5.41) is 3.19. The monoisotopic (exact) mass is 309 g/mol. The van der Waals surface area contributed by atoms with Crippen molar-refractivity contribution in [3.63, 3.8) is 0 Å². The van der Waals surface area contributed by atoms with E-state index < -0.39 is 11.6 Å². The van der Waals surface area contributed by atoms with E-state index in [1.807, 2.05) is 24.9 Å². The van der Waals surface area contributed by atoms with Gasteiger partial charge in [0.05, 0.1) is 0 Å². The van der Waals surface area contributed by atoms with Gasteiger partial charge in [-0.3, -0.25) is 4.99 Å². The summed E-state index contributed by atoms with van der Waals surface area (Å²) in [6.45, 7) is 7.63. The Morgan fingerprint density at radius 2 is 2.05 bits per heavy atom. The third-order valence-corrected chi connectivity index (χ3v) is 3.28. The van der Waals surface area contributed by atoms with Crippen LogP contribution in [0.2, 0.25) is 0 Å². The van der Waals surface area contributed by atoms with Crippen LogP contribution in [-0.2, 0) is 6.42 Å². The summed E-state index contributed by atoms with van der Waals surface area (Å²) in [4.78, 5) is 6.46. The van der Waals surface area contributed by atoms with Crippen molar-refractivity contribution in [3.05, 3.63) is 48.1 Å². The van der Waals surface area contributed by atoms with Gasteiger partial charge in [0.15, 0.2) is 5.96 Å². The number of nitrogens with zero attached hydrogens (tertiary/aromatic N) is 2. The number of guanidine groups is 1. The first kappa shape index (κ1) is 18.1. The van der Waals surface area contributed by atoms with Crippen molar-refractivity contribution < 1.29 is 8.78 Å². The molecule has 1 rings (SSSR count). The van der Waals surface area contributed by atoms with Gasteiger partial charge in [-0.15, -0.1) is 6.58 Å². The van der Waals surface area contributed by atoms with Crippen LogP contribution in [0.25, 0.3) is 0 Å². The lowest BCUT2D eigenvalue weighted by molar-refractivity contribution is 0.469. The molecule has 0 saturated heterocycles. The van der Waals surface area contributed by atoms with Gasteiger partial charge in [0.1, 0.15) is 11.6 Å². The fraction of sp³-hybridized carbons (Fsp3) is 0.471. The van der Waals surface area contributed by atoms with Gasteiger partial charge in [-0.1, -0.05) is 12.1 Å². The highest BCUT2D eigenvalue weighted by Crippen LogP contribution is 2.12. The fourth-order valence-corrected chi connectivity index (χ4v) is 2.09. The van der Waals surface area contributed by atoms with Crippen molar-refractivity contribution in [3.8, 4) is 0 Å². The molecule has 0 atom stereocenters. The van der Waals surface area contributed by atoms with E-state index in [0.717, 1.165) is 31.9 Å². The zero-order valence-electron chi connectivity index (χ0n) is 13.4. The predicted octanol–water partition coefficient (Wildman–Crippen LogP) is 3.37. The molecule has 0 heterocycles. The molecule has 1 aromatic rings. The van der Waals surface area contributed by atoms with Crippen LogP contribution in [0.3, 0.4) is 0 Å². The van der Waals surface area contributed by atoms with Gasteiger partial charge >= 0.3 is 0 Å². The van der Waals surface area contributed by atoms with Gasteiger partial charge in [0, 0.05) is 32.2 Å². The molecule has 1 aromatic carbocycles. The molecule has 0 aromatic heterocycles. The molecule has 0 fully saturated rings. The van der Waals surface area contributed by atoms with Crippen molar-refractivity contribution in [1.29, 1.82) is 0 Å². The van der Waals surface area contributed by atoms with Gasteiger partial charge in [-0.2, -0.15) is 0 Å². The molecule has 3 nitrogen and oxygen atoms in total. The van der Waals surface area contributed by atoms with Crippen LogP contribution in [0.1, 0.15) is 25.3 Å². The maximum Gasteiger partial charge on any atom is 0.193 e. The lowest BCUT2D eigenvalue weighted by Gasteiger charge is -2.21. The molecule has 0 saturated carbocycles. The Kier molecular flexibility index (Phi) is 8.18. The zero-order chi connectivity index (χ0) is 16.4. The molecule has 22 heavy (non-hydrogen) atoms. The first-order chi connectivity index (χ1) is 10.6. The van der Waals surface area contributed by atoms with E-state index in [-0.39, 0.29) is 12.0 Å². The number of aliphatic imine (C=N–C) groups is 1. The van der Waals surface area contributed by atoms with Crippen LogP contribution in [0.5, 0.6) is 0 Å². The topological polar surface area (TPSA) is 27.6 Å². The van der Waals surface area contributed by atoms with E-state index in [0.29, 0.717) is 6.54 Å². The van der Waals surface area contributed by atoms with Crippen LogP contribution >= 0.6 is 0 Å². The standard InChI is InChI=1S/C17H25F2N3/c1-4-6-7-13-22(3)17(20-5-2)21-12-11-14-15(18)9-8-10-16(14)19/h4,8-10H,1,5-7,11-13H2,2-3H3,(H,20,21). The molecule has 0 spiro atoms. The van der Waals surface area contributed by atoms with E-state index in [1.54, 1.807) is 0 Å². The van der Waals surface area contributed by atoms with Crippen LogP contribution in [0.15, 0.2) is 35.8 Å². The largest absolute Gasteiger partial charge is 0.357 e. The van der Waals surface area contributed by atoms with Crippen molar-refractivity contribution in [1.82, 2.24) is 10.2 Å². The summed E-state index contributed by atoms with van der Waals surface area (Å²) in [6, 6.07) is 3.92. The fourth-order valence-electron chi connectivity index (χ4n) is 2.09. The molecule has 0 aliphatic rings. The van der Waals surface area contributed by atoms with E-state index in [9.17, 15) is 8.78 Å². The minimum atomic E-state index is -0.514. The quantitative estimate of drug-likeness (QED) is 0.345. The van der Waals surface area contributed by atoms with E-state index >= 15 is 0 Å². The number of hydrogen-bond donors (Lipinski definition) is 1. The number of benzene rings is 1. The molecule has 0 bridgehead atoms. The minimum absolute atomic E-state index is 0.0939. The number of hydrogen-bond acceptors (Lipinski definition) is 1. The molecular weight excluding hydrogens is 284 g/mol. The van der Waals surface area contributed by atoms with Gasteiger partial charge in [-0.05, 0) is 38.3 Å². The molecule has 1 N–H and O–H groups in total. The smallest absolute Gasteiger partial charge is 0.193 e. The second-order valence-electron chi connectivity index (χ2n) is 5.04. The Balaban J connectivity index is 2.63. The third-order valence-electron chi connectivity index (χ3n) is 3.28. The molecule has 0 amide bonds. The Bertz CT molecular complexity index is 480. The first-order valence-electron chi connectivity index (χ1n) is 7.63.